The van der Waals surface area contributed by atoms with Crippen LogP contribution in [-0.2, 0) is 11.3 Å². The minimum Gasteiger partial charge on any atom is -0.507 e. The average Bonchev–Trinajstić information content (AvgIpc) is 3.41. The monoisotopic (exact) mass is 516 g/mol. The van der Waals surface area contributed by atoms with Crippen molar-refractivity contribution in [2.75, 3.05) is 27.3 Å². The minimum atomic E-state index is -0.687. The van der Waals surface area contributed by atoms with Crippen molar-refractivity contribution in [3.8, 4) is 35.3 Å². The maximum Gasteiger partial charge on any atom is 0.272 e. The van der Waals surface area contributed by atoms with E-state index in [0.717, 1.165) is 11.1 Å². The molecule has 1 N–H and O–H groups in total. The van der Waals surface area contributed by atoms with Crippen LogP contribution < -0.4 is 15.0 Å². The summed E-state index contributed by atoms with van der Waals surface area (Å²) >= 11 is 0. The van der Waals surface area contributed by atoms with Gasteiger partial charge in [0, 0.05) is 30.6 Å². The Morgan fingerprint density at radius 1 is 1.13 bits per heavy atom. The lowest BCUT2D eigenvalue weighted by Crippen LogP contribution is -2.36. The second-order valence-electron chi connectivity index (χ2n) is 9.38. The van der Waals surface area contributed by atoms with Gasteiger partial charge in [0.1, 0.15) is 28.5 Å². The van der Waals surface area contributed by atoms with Crippen LogP contribution in [0, 0.1) is 12.3 Å². The maximum absolute atomic E-state index is 14.0. The molecule has 1 amide bonds. The second-order valence-corrected chi connectivity index (χ2v) is 9.38. The molecule has 1 aliphatic rings. The van der Waals surface area contributed by atoms with Gasteiger partial charge in [-0.3, -0.25) is 14.2 Å². The molecule has 0 saturated carbocycles. The first kappa shape index (κ1) is 26.8. The van der Waals surface area contributed by atoms with Crippen molar-refractivity contribution < 1.29 is 24.1 Å². The summed E-state index contributed by atoms with van der Waals surface area (Å²) in [6.07, 6.45) is 6.25. The van der Waals surface area contributed by atoms with Crippen LogP contribution in [0.15, 0.2) is 53.3 Å². The fraction of sp³-hybridized carbons (Fsp3) is 0.333. The number of likely N-dealkylation sites (tertiary alicyclic amines) is 1. The first-order chi connectivity index (χ1) is 18.3. The van der Waals surface area contributed by atoms with E-state index in [9.17, 15) is 14.7 Å². The van der Waals surface area contributed by atoms with Crippen molar-refractivity contribution in [2.24, 2.45) is 0 Å². The van der Waals surface area contributed by atoms with Gasteiger partial charge in [0.25, 0.3) is 11.5 Å². The molecule has 1 aromatic heterocycles. The van der Waals surface area contributed by atoms with E-state index in [2.05, 4.69) is 5.92 Å². The van der Waals surface area contributed by atoms with E-state index in [1.807, 2.05) is 38.1 Å². The molecule has 8 heteroatoms. The van der Waals surface area contributed by atoms with Gasteiger partial charge in [0.15, 0.2) is 0 Å². The summed E-state index contributed by atoms with van der Waals surface area (Å²) in [6.45, 7) is 4.56. The fourth-order valence-corrected chi connectivity index (χ4v) is 4.84. The Bertz CT molecular complexity index is 1410. The summed E-state index contributed by atoms with van der Waals surface area (Å²) in [6, 6.07) is 14.2. The highest BCUT2D eigenvalue weighted by Gasteiger charge is 2.33. The van der Waals surface area contributed by atoms with Crippen LogP contribution in [0.2, 0.25) is 0 Å². The minimum absolute atomic E-state index is 0.0187. The number of nitrogens with zero attached hydrogens (tertiary/aromatic N) is 2. The average molecular weight is 517 g/mol. The number of hydrogen-bond acceptors (Lipinski definition) is 6. The van der Waals surface area contributed by atoms with Gasteiger partial charge in [0.2, 0.25) is 0 Å². The summed E-state index contributed by atoms with van der Waals surface area (Å²) in [5.41, 5.74) is 1.44. The molecule has 1 saturated heterocycles. The quantitative estimate of drug-likeness (QED) is 0.454. The van der Waals surface area contributed by atoms with Crippen molar-refractivity contribution in [2.45, 2.75) is 38.9 Å². The summed E-state index contributed by atoms with van der Waals surface area (Å²) in [7, 11) is 2.97. The van der Waals surface area contributed by atoms with Crippen LogP contribution in [0.5, 0.6) is 17.2 Å². The smallest absolute Gasteiger partial charge is 0.272 e. The van der Waals surface area contributed by atoms with Crippen molar-refractivity contribution >= 4 is 5.91 Å². The lowest BCUT2D eigenvalue weighted by molar-refractivity contribution is 0.0619. The largest absolute Gasteiger partial charge is 0.507 e. The predicted octanol–water partition coefficient (Wildman–Crippen LogP) is 4.10. The van der Waals surface area contributed by atoms with Gasteiger partial charge in [-0.2, -0.15) is 0 Å². The fourth-order valence-electron chi connectivity index (χ4n) is 4.84. The molecule has 0 bridgehead atoms. The number of aromatic nitrogens is 1. The maximum atomic E-state index is 14.0. The standard InChI is InChI=1S/C30H32N2O6/c1-6-20-10-7-8-11-23(20)21-14-15-31(17-21)29(34)27-24(33)16-22(18-38-19(2)3)32(30(27)35)28-25(36-4)12-9-13-26(28)37-5/h1,7-13,16,19,21,33H,14-15,17-18H2,2-5H3. The van der Waals surface area contributed by atoms with Gasteiger partial charge in [-0.05, 0) is 44.0 Å². The summed E-state index contributed by atoms with van der Waals surface area (Å²) in [4.78, 5) is 29.3. The Hall–Kier alpha value is -4.22. The Labute approximate surface area is 222 Å². The topological polar surface area (TPSA) is 90.2 Å². The van der Waals surface area contributed by atoms with Gasteiger partial charge >= 0.3 is 0 Å². The van der Waals surface area contributed by atoms with Gasteiger partial charge in [0.05, 0.1) is 32.6 Å². The van der Waals surface area contributed by atoms with Crippen LogP contribution in [0.3, 0.4) is 0 Å². The molecule has 38 heavy (non-hydrogen) atoms. The Morgan fingerprint density at radius 3 is 2.45 bits per heavy atom. The number of benzene rings is 2. The molecule has 1 aliphatic heterocycles. The number of carbonyl (C=O) groups is 1. The first-order valence-corrected chi connectivity index (χ1v) is 12.5. The number of para-hydroxylation sites is 1. The molecule has 1 atom stereocenters. The zero-order valence-corrected chi connectivity index (χ0v) is 22.1. The number of methoxy groups -OCH3 is 2. The number of hydrogen-bond donors (Lipinski definition) is 1. The molecule has 1 fully saturated rings. The molecule has 2 heterocycles. The number of aromatic hydroxyl groups is 1. The van der Waals surface area contributed by atoms with Gasteiger partial charge < -0.3 is 24.2 Å². The number of carbonyl (C=O) groups excluding carboxylic acids is 1. The molecule has 4 rings (SSSR count). The van der Waals surface area contributed by atoms with Crippen LogP contribution >= 0.6 is 0 Å². The Kier molecular flexibility index (Phi) is 8.08. The summed E-state index contributed by atoms with van der Waals surface area (Å²) in [5.74, 6) is 2.52. The highest BCUT2D eigenvalue weighted by molar-refractivity contribution is 5.97. The molecular weight excluding hydrogens is 484 g/mol. The van der Waals surface area contributed by atoms with E-state index in [4.69, 9.17) is 20.6 Å². The lowest BCUT2D eigenvalue weighted by atomic mass is 9.94. The normalized spacial score (nSPS) is 14.9. The van der Waals surface area contributed by atoms with Crippen LogP contribution in [0.25, 0.3) is 5.69 Å². The van der Waals surface area contributed by atoms with E-state index in [1.54, 1.807) is 23.1 Å². The third-order valence-corrected chi connectivity index (χ3v) is 6.70. The van der Waals surface area contributed by atoms with Gasteiger partial charge in [-0.1, -0.05) is 30.2 Å². The lowest BCUT2D eigenvalue weighted by Gasteiger charge is -2.22. The van der Waals surface area contributed by atoms with Crippen LogP contribution in [0.1, 0.15) is 53.4 Å². The van der Waals surface area contributed by atoms with E-state index in [-0.39, 0.29) is 24.2 Å². The van der Waals surface area contributed by atoms with Crippen LogP contribution in [-0.4, -0.2) is 53.9 Å². The zero-order chi connectivity index (χ0) is 27.4. The van der Waals surface area contributed by atoms with E-state index in [1.165, 1.54) is 24.9 Å². The SMILES string of the molecule is C#Cc1ccccc1C1CCN(C(=O)c2c(O)cc(COC(C)C)n(-c3c(OC)cccc3OC)c2=O)C1. The van der Waals surface area contributed by atoms with E-state index >= 15 is 0 Å². The van der Waals surface area contributed by atoms with Crippen molar-refractivity contribution in [3.05, 3.63) is 81.3 Å². The molecule has 2 aromatic carbocycles. The van der Waals surface area contributed by atoms with Gasteiger partial charge in [-0.25, -0.2) is 0 Å². The molecule has 3 aromatic rings. The van der Waals surface area contributed by atoms with Crippen molar-refractivity contribution in [3.63, 3.8) is 0 Å². The summed E-state index contributed by atoms with van der Waals surface area (Å²) < 4.78 is 18.2. The first-order valence-electron chi connectivity index (χ1n) is 12.5. The van der Waals surface area contributed by atoms with Crippen molar-refractivity contribution in [1.29, 1.82) is 0 Å². The third-order valence-electron chi connectivity index (χ3n) is 6.70. The number of rotatable bonds is 8. The molecule has 1 unspecified atom stereocenters. The van der Waals surface area contributed by atoms with E-state index in [0.29, 0.717) is 42.4 Å². The summed E-state index contributed by atoms with van der Waals surface area (Å²) in [5, 5.41) is 11.0. The molecule has 0 aliphatic carbocycles. The molecule has 8 nitrogen and oxygen atoms in total. The predicted molar refractivity (Wildman–Crippen MR) is 144 cm³/mol. The van der Waals surface area contributed by atoms with Gasteiger partial charge in [-0.15, -0.1) is 6.42 Å². The number of pyridine rings is 1. The van der Waals surface area contributed by atoms with E-state index < -0.39 is 17.2 Å². The molecule has 198 valence electrons. The number of terminal acetylenes is 1. The number of ether oxygens (including phenoxy) is 3. The zero-order valence-electron chi connectivity index (χ0n) is 22.1. The second kappa shape index (κ2) is 11.4. The third kappa shape index (κ3) is 5.11. The van der Waals surface area contributed by atoms with Crippen LogP contribution in [0.4, 0.5) is 0 Å². The Balaban J connectivity index is 1.80. The highest BCUT2D eigenvalue weighted by Crippen LogP contribution is 2.35. The highest BCUT2D eigenvalue weighted by atomic mass is 16.5. The molecule has 0 radical (unpaired) electrons. The molecular formula is C30H32N2O6. The Morgan fingerprint density at radius 2 is 1.82 bits per heavy atom. The number of amides is 1. The molecule has 0 spiro atoms. The van der Waals surface area contributed by atoms with Crippen molar-refractivity contribution in [1.82, 2.24) is 9.47 Å².